The molecular formula is C8H6Cl4NO4PS. The molecule has 0 spiro atoms. The monoisotopic (exact) mass is 383 g/mol. The molecule has 2 rings (SSSR count). The van der Waals surface area contributed by atoms with Gasteiger partial charge in [-0.1, -0.05) is 17.3 Å². The maximum atomic E-state index is 10.8. The van der Waals surface area contributed by atoms with Crippen molar-refractivity contribution in [1.29, 1.82) is 0 Å². The van der Waals surface area contributed by atoms with Gasteiger partial charge in [0.1, 0.15) is 11.4 Å². The summed E-state index contributed by atoms with van der Waals surface area (Å²) in [7, 11) is 1.53. The third-order valence-corrected chi connectivity index (χ3v) is 2.71. The van der Waals surface area contributed by atoms with Gasteiger partial charge in [0.15, 0.2) is 5.58 Å². The van der Waals surface area contributed by atoms with Gasteiger partial charge in [0.25, 0.3) is 0 Å². The summed E-state index contributed by atoms with van der Waals surface area (Å²) in [6, 6.07) is 7.02. The molecule has 0 atom stereocenters. The molecule has 2 aromatic rings. The first-order chi connectivity index (χ1) is 8.56. The summed E-state index contributed by atoms with van der Waals surface area (Å²) >= 11 is 13.8. The van der Waals surface area contributed by atoms with Crippen LogP contribution in [0.5, 0.6) is 0 Å². The van der Waals surface area contributed by atoms with Crippen molar-refractivity contribution in [3.05, 3.63) is 30.0 Å². The van der Waals surface area contributed by atoms with E-state index in [2.05, 4.69) is 38.9 Å². The highest BCUT2D eigenvalue weighted by atomic mass is 36.0. The number of aromatic nitrogens is 1. The summed E-state index contributed by atoms with van der Waals surface area (Å²) in [5.74, 6) is -0.314. The molecule has 0 aliphatic heterocycles. The first-order valence-corrected chi connectivity index (χ1v) is 11.4. The van der Waals surface area contributed by atoms with Crippen LogP contribution in [0.2, 0.25) is 0 Å². The Balaban J connectivity index is 0.000000312. The highest BCUT2D eigenvalue weighted by Crippen LogP contribution is 2.61. The van der Waals surface area contributed by atoms with Gasteiger partial charge in [-0.15, -0.1) is 0 Å². The number of halogens is 4. The largest absolute Gasteiger partial charge is 0.356 e. The summed E-state index contributed by atoms with van der Waals surface area (Å²) in [6.07, 6.45) is 0. The van der Waals surface area contributed by atoms with E-state index in [1.165, 1.54) is 0 Å². The van der Waals surface area contributed by atoms with Crippen molar-refractivity contribution in [1.82, 2.24) is 5.16 Å². The van der Waals surface area contributed by atoms with Gasteiger partial charge in [0.2, 0.25) is 9.05 Å². The van der Waals surface area contributed by atoms with Gasteiger partial charge in [-0.25, -0.2) is 8.42 Å². The number of rotatable bonds is 2. The van der Waals surface area contributed by atoms with Gasteiger partial charge in [-0.2, -0.15) is 0 Å². The van der Waals surface area contributed by atoms with Crippen LogP contribution in [0.3, 0.4) is 0 Å². The molecule has 0 amide bonds. The average Bonchev–Trinajstić information content (AvgIpc) is 2.57. The molecule has 1 aromatic carbocycles. The number of hydrogen-bond acceptors (Lipinski definition) is 5. The SMILES string of the molecule is O=P(Cl)(Cl)Cl.O=S(=O)(Cl)Cc1noc2ccccc12. The Morgan fingerprint density at radius 3 is 2.26 bits per heavy atom. The van der Waals surface area contributed by atoms with Crippen LogP contribution in [-0.4, -0.2) is 13.6 Å². The van der Waals surface area contributed by atoms with Gasteiger partial charge in [-0.3, -0.25) is 4.57 Å². The van der Waals surface area contributed by atoms with Crippen LogP contribution in [-0.2, 0) is 19.4 Å². The molecule has 0 saturated carbocycles. The Kier molecular flexibility index (Phi) is 5.98. The Morgan fingerprint density at radius 1 is 1.21 bits per heavy atom. The van der Waals surface area contributed by atoms with E-state index >= 15 is 0 Å². The average molecular weight is 385 g/mol. The molecule has 0 unspecified atom stereocenters. The van der Waals surface area contributed by atoms with Crippen molar-refractivity contribution in [3.63, 3.8) is 0 Å². The second kappa shape index (κ2) is 6.66. The van der Waals surface area contributed by atoms with E-state index in [1.54, 1.807) is 24.3 Å². The molecule has 0 saturated heterocycles. The molecule has 106 valence electrons. The zero-order valence-corrected chi connectivity index (χ0v) is 13.7. The van der Waals surface area contributed by atoms with E-state index in [-0.39, 0.29) is 5.75 Å². The number of para-hydroxylation sites is 1. The van der Waals surface area contributed by atoms with Crippen molar-refractivity contribution in [2.24, 2.45) is 0 Å². The maximum Gasteiger partial charge on any atom is 0.339 e. The van der Waals surface area contributed by atoms with Crippen LogP contribution in [0.4, 0.5) is 0 Å². The topological polar surface area (TPSA) is 77.2 Å². The number of nitrogens with zero attached hydrogens (tertiary/aromatic N) is 1. The fourth-order valence-corrected chi connectivity index (χ4v) is 2.05. The zero-order chi connectivity index (χ0) is 14.7. The van der Waals surface area contributed by atoms with E-state index < -0.39 is 14.3 Å². The molecule has 5 nitrogen and oxygen atoms in total. The lowest BCUT2D eigenvalue weighted by Crippen LogP contribution is -1.95. The minimum atomic E-state index is -3.59. The van der Waals surface area contributed by atoms with Crippen LogP contribution < -0.4 is 0 Å². The van der Waals surface area contributed by atoms with Crippen molar-refractivity contribution in [2.45, 2.75) is 5.75 Å². The molecule has 0 aliphatic rings. The summed E-state index contributed by atoms with van der Waals surface area (Å²) in [4.78, 5) is 0. The van der Waals surface area contributed by atoms with E-state index in [4.69, 9.17) is 15.2 Å². The van der Waals surface area contributed by atoms with Crippen molar-refractivity contribution in [2.75, 3.05) is 0 Å². The van der Waals surface area contributed by atoms with E-state index in [0.717, 1.165) is 0 Å². The summed E-state index contributed by atoms with van der Waals surface area (Å²) < 4.78 is 36.1. The van der Waals surface area contributed by atoms with Crippen molar-refractivity contribution >= 4 is 69.6 Å². The van der Waals surface area contributed by atoms with Crippen LogP contribution in [0.1, 0.15) is 5.69 Å². The van der Waals surface area contributed by atoms with Gasteiger partial charge < -0.3 is 4.52 Å². The van der Waals surface area contributed by atoms with Crippen molar-refractivity contribution < 1.29 is 17.5 Å². The third-order valence-electron chi connectivity index (χ3n) is 1.76. The quantitative estimate of drug-likeness (QED) is 0.553. The minimum absolute atomic E-state index is 0.314. The Hall–Kier alpha value is 0.0300. The van der Waals surface area contributed by atoms with Gasteiger partial charge in [0, 0.05) is 16.1 Å². The van der Waals surface area contributed by atoms with Crippen LogP contribution in [0.25, 0.3) is 11.0 Å². The van der Waals surface area contributed by atoms with Gasteiger partial charge in [-0.05, 0) is 45.9 Å². The Bertz CT molecular complexity index is 702. The molecule has 1 heterocycles. The molecule has 0 radical (unpaired) electrons. The molecule has 0 fully saturated rings. The number of benzene rings is 1. The minimum Gasteiger partial charge on any atom is -0.356 e. The molecule has 0 aliphatic carbocycles. The lowest BCUT2D eigenvalue weighted by atomic mass is 10.2. The highest BCUT2D eigenvalue weighted by molar-refractivity contribution is 8.24. The van der Waals surface area contributed by atoms with E-state index in [0.29, 0.717) is 16.7 Å². The normalized spacial score (nSPS) is 12.0. The second-order valence-corrected chi connectivity index (χ2v) is 12.6. The lowest BCUT2D eigenvalue weighted by molar-refractivity contribution is 0.449. The Labute approximate surface area is 127 Å². The fourth-order valence-electron chi connectivity index (χ4n) is 1.21. The number of fused-ring (bicyclic) bond motifs is 1. The summed E-state index contributed by atoms with van der Waals surface area (Å²) in [5.41, 5.74) is 0.901. The number of hydrogen-bond donors (Lipinski definition) is 0. The third kappa shape index (κ3) is 7.40. The predicted octanol–water partition coefficient (Wildman–Crippen LogP) is 4.71. The first kappa shape index (κ1) is 17.1. The second-order valence-electron chi connectivity index (χ2n) is 3.21. The van der Waals surface area contributed by atoms with Crippen molar-refractivity contribution in [3.8, 4) is 0 Å². The first-order valence-electron chi connectivity index (χ1n) is 4.51. The molecule has 0 N–H and O–H groups in total. The maximum absolute atomic E-state index is 10.8. The van der Waals surface area contributed by atoms with Crippen LogP contribution in [0.15, 0.2) is 28.8 Å². The fraction of sp³-hybridized carbons (Fsp3) is 0.125. The molecule has 0 bridgehead atoms. The molecule has 19 heavy (non-hydrogen) atoms. The summed E-state index contributed by atoms with van der Waals surface area (Å²) in [6.45, 7) is 0. The standard InChI is InChI=1S/C8H6ClNO3S.Cl3OP/c9-14(11,12)5-7-6-3-1-2-4-8(6)13-10-7;1-5(2,3)4/h1-4H,5H2;. The Morgan fingerprint density at radius 2 is 1.74 bits per heavy atom. The summed E-state index contributed by atoms with van der Waals surface area (Å²) in [5, 5.41) is 1.10. The van der Waals surface area contributed by atoms with Crippen LogP contribution >= 0.6 is 49.6 Å². The molecule has 1 aromatic heterocycles. The molecule has 11 heteroatoms. The van der Waals surface area contributed by atoms with Crippen LogP contribution in [0, 0.1) is 0 Å². The van der Waals surface area contributed by atoms with E-state index in [1.807, 2.05) is 0 Å². The molecular weight excluding hydrogens is 379 g/mol. The lowest BCUT2D eigenvalue weighted by Gasteiger charge is -1.90. The predicted molar refractivity (Wildman–Crippen MR) is 77.7 cm³/mol. The van der Waals surface area contributed by atoms with E-state index in [9.17, 15) is 13.0 Å². The van der Waals surface area contributed by atoms with Gasteiger partial charge in [0.05, 0.1) is 0 Å². The van der Waals surface area contributed by atoms with Gasteiger partial charge >= 0.3 is 5.20 Å². The highest BCUT2D eigenvalue weighted by Gasteiger charge is 2.14. The zero-order valence-electron chi connectivity index (χ0n) is 8.96. The smallest absolute Gasteiger partial charge is 0.339 e.